The molecular weight excluding hydrogens is 260 g/mol. The molecule has 0 bridgehead atoms. The summed E-state index contributed by atoms with van der Waals surface area (Å²) in [5.41, 5.74) is 5.38. The van der Waals surface area contributed by atoms with E-state index in [1.807, 2.05) is 6.20 Å². The monoisotopic (exact) mass is 284 g/mol. The molecule has 2 fully saturated rings. The molecule has 1 saturated carbocycles. The van der Waals surface area contributed by atoms with Crippen LogP contribution in [0.4, 0.5) is 5.82 Å². The lowest BCUT2D eigenvalue weighted by atomic mass is 9.95. The fourth-order valence-corrected chi connectivity index (χ4v) is 2.67. The molecule has 4 rings (SSSR count). The smallest absolute Gasteiger partial charge is 0.136 e. The van der Waals surface area contributed by atoms with E-state index in [0.717, 1.165) is 32.0 Å². The van der Waals surface area contributed by atoms with Crippen molar-refractivity contribution in [2.75, 3.05) is 31.1 Å². The van der Waals surface area contributed by atoms with E-state index in [1.54, 1.807) is 0 Å². The van der Waals surface area contributed by atoms with Gasteiger partial charge in [0.15, 0.2) is 0 Å². The normalized spacial score (nSPS) is 18.8. The van der Waals surface area contributed by atoms with Crippen LogP contribution in [0.15, 0.2) is 36.5 Å². The second-order valence-corrected chi connectivity index (χ2v) is 5.78. The van der Waals surface area contributed by atoms with Crippen molar-refractivity contribution in [2.45, 2.75) is 25.3 Å². The van der Waals surface area contributed by atoms with E-state index >= 15 is 0 Å². The number of benzene rings is 1. The number of hydrogen-bond acceptors (Lipinski definition) is 4. The Kier molecular flexibility index (Phi) is 4.68. The molecule has 2 aromatic rings. The standard InChI is InChI=1S/C13H15N3.C4H9N/c1-2-4-12-11(3-1)5-6-15-13(12)16-9-7-14-8-10-16;5-4-2-1-3-4/h1-6,14H,7-10H2;4H,1-3,5H2. The zero-order chi connectivity index (χ0) is 14.5. The van der Waals surface area contributed by atoms with Gasteiger partial charge in [0, 0.05) is 43.8 Å². The number of pyridine rings is 1. The van der Waals surface area contributed by atoms with Crippen LogP contribution >= 0.6 is 0 Å². The van der Waals surface area contributed by atoms with E-state index in [0.29, 0.717) is 6.04 Å². The van der Waals surface area contributed by atoms with Crippen molar-refractivity contribution in [3.63, 3.8) is 0 Å². The van der Waals surface area contributed by atoms with Crippen LogP contribution in [0.1, 0.15) is 19.3 Å². The maximum absolute atomic E-state index is 5.38. The summed E-state index contributed by atoms with van der Waals surface area (Å²) in [5.74, 6) is 1.12. The van der Waals surface area contributed by atoms with Crippen LogP contribution in [0.5, 0.6) is 0 Å². The lowest BCUT2D eigenvalue weighted by Crippen LogP contribution is -2.43. The van der Waals surface area contributed by atoms with Crippen LogP contribution in [0, 0.1) is 0 Å². The second-order valence-electron chi connectivity index (χ2n) is 5.78. The number of aromatic nitrogens is 1. The predicted molar refractivity (Wildman–Crippen MR) is 88.7 cm³/mol. The molecule has 1 aromatic carbocycles. The third-order valence-corrected chi connectivity index (χ3v) is 4.22. The number of rotatable bonds is 1. The minimum atomic E-state index is 0.565. The molecular formula is C17H24N4. The molecule has 112 valence electrons. The molecule has 1 aliphatic heterocycles. The molecule has 1 aliphatic carbocycles. The van der Waals surface area contributed by atoms with Gasteiger partial charge in [-0.1, -0.05) is 30.7 Å². The van der Waals surface area contributed by atoms with Crippen molar-refractivity contribution in [1.29, 1.82) is 0 Å². The number of nitrogens with two attached hydrogens (primary N) is 1. The first-order chi connectivity index (χ1) is 10.3. The lowest BCUT2D eigenvalue weighted by molar-refractivity contribution is 0.418. The highest BCUT2D eigenvalue weighted by Gasteiger charge is 2.13. The summed E-state index contributed by atoms with van der Waals surface area (Å²) in [6.07, 6.45) is 5.79. The Hall–Kier alpha value is -1.65. The van der Waals surface area contributed by atoms with E-state index in [-0.39, 0.29) is 0 Å². The first-order valence-electron chi connectivity index (χ1n) is 7.89. The summed E-state index contributed by atoms with van der Waals surface area (Å²) in [5, 5.41) is 5.89. The van der Waals surface area contributed by atoms with Crippen LogP contribution in [0.2, 0.25) is 0 Å². The highest BCUT2D eigenvalue weighted by atomic mass is 15.2. The molecule has 0 atom stereocenters. The quantitative estimate of drug-likeness (QED) is 0.842. The molecule has 4 nitrogen and oxygen atoms in total. The van der Waals surface area contributed by atoms with Gasteiger partial charge in [0.25, 0.3) is 0 Å². The Bertz CT molecular complexity index is 569. The molecule has 21 heavy (non-hydrogen) atoms. The molecule has 0 amide bonds. The zero-order valence-corrected chi connectivity index (χ0v) is 12.5. The number of anilines is 1. The van der Waals surface area contributed by atoms with Crippen molar-refractivity contribution >= 4 is 16.6 Å². The second kappa shape index (κ2) is 6.87. The van der Waals surface area contributed by atoms with Crippen molar-refractivity contribution in [3.05, 3.63) is 36.5 Å². The molecule has 1 aromatic heterocycles. The first-order valence-corrected chi connectivity index (χ1v) is 7.89. The Morgan fingerprint density at radius 2 is 1.81 bits per heavy atom. The van der Waals surface area contributed by atoms with E-state index in [2.05, 4.69) is 45.5 Å². The van der Waals surface area contributed by atoms with Crippen molar-refractivity contribution in [2.24, 2.45) is 5.73 Å². The molecule has 2 aliphatic rings. The van der Waals surface area contributed by atoms with Gasteiger partial charge in [-0.3, -0.25) is 0 Å². The fourth-order valence-electron chi connectivity index (χ4n) is 2.67. The fraction of sp³-hybridized carbons (Fsp3) is 0.471. The predicted octanol–water partition coefficient (Wildman–Crippen LogP) is 2.14. The molecule has 0 unspecified atom stereocenters. The number of fused-ring (bicyclic) bond motifs is 1. The Balaban J connectivity index is 0.000000225. The van der Waals surface area contributed by atoms with Crippen LogP contribution in [-0.2, 0) is 0 Å². The highest BCUT2D eigenvalue weighted by Crippen LogP contribution is 2.24. The van der Waals surface area contributed by atoms with Crippen molar-refractivity contribution < 1.29 is 0 Å². The van der Waals surface area contributed by atoms with Gasteiger partial charge < -0.3 is 16.0 Å². The minimum Gasteiger partial charge on any atom is -0.354 e. The van der Waals surface area contributed by atoms with E-state index in [9.17, 15) is 0 Å². The third-order valence-electron chi connectivity index (χ3n) is 4.22. The van der Waals surface area contributed by atoms with Gasteiger partial charge in [0.2, 0.25) is 0 Å². The molecule has 2 heterocycles. The van der Waals surface area contributed by atoms with Gasteiger partial charge in [-0.2, -0.15) is 0 Å². The maximum Gasteiger partial charge on any atom is 0.136 e. The van der Waals surface area contributed by atoms with Crippen LogP contribution in [0.25, 0.3) is 10.8 Å². The number of hydrogen-bond donors (Lipinski definition) is 2. The summed E-state index contributed by atoms with van der Waals surface area (Å²) in [7, 11) is 0. The number of nitrogens with zero attached hydrogens (tertiary/aromatic N) is 2. The third kappa shape index (κ3) is 3.52. The van der Waals surface area contributed by atoms with Crippen molar-refractivity contribution in [1.82, 2.24) is 10.3 Å². The topological polar surface area (TPSA) is 54.2 Å². The van der Waals surface area contributed by atoms with E-state index < -0.39 is 0 Å². The van der Waals surface area contributed by atoms with Gasteiger partial charge in [0.05, 0.1) is 0 Å². The Morgan fingerprint density at radius 1 is 1.10 bits per heavy atom. The van der Waals surface area contributed by atoms with Gasteiger partial charge in [0.1, 0.15) is 5.82 Å². The first kappa shape index (κ1) is 14.3. The Labute approximate surface area is 126 Å². The van der Waals surface area contributed by atoms with E-state index in [4.69, 9.17) is 5.73 Å². The SMILES string of the molecule is NC1CCC1.c1ccc2c(N3CCNCC3)nccc2c1. The molecule has 3 N–H and O–H groups in total. The molecule has 0 radical (unpaired) electrons. The number of piperazine rings is 1. The largest absolute Gasteiger partial charge is 0.354 e. The van der Waals surface area contributed by atoms with Gasteiger partial charge in [-0.15, -0.1) is 0 Å². The Morgan fingerprint density at radius 3 is 2.48 bits per heavy atom. The summed E-state index contributed by atoms with van der Waals surface area (Å²) < 4.78 is 0. The lowest BCUT2D eigenvalue weighted by Gasteiger charge is -2.29. The van der Waals surface area contributed by atoms with Gasteiger partial charge in [-0.05, 0) is 24.3 Å². The summed E-state index contributed by atoms with van der Waals surface area (Å²) in [6.45, 7) is 4.18. The van der Waals surface area contributed by atoms with E-state index in [1.165, 1.54) is 30.0 Å². The maximum atomic E-state index is 5.38. The van der Waals surface area contributed by atoms with Crippen molar-refractivity contribution in [3.8, 4) is 0 Å². The van der Waals surface area contributed by atoms with Crippen LogP contribution < -0.4 is 16.0 Å². The zero-order valence-electron chi connectivity index (χ0n) is 12.5. The van der Waals surface area contributed by atoms with Crippen LogP contribution in [0.3, 0.4) is 0 Å². The molecule has 4 heteroatoms. The van der Waals surface area contributed by atoms with Gasteiger partial charge >= 0.3 is 0 Å². The summed E-state index contributed by atoms with van der Waals surface area (Å²) in [6, 6.07) is 11.1. The van der Waals surface area contributed by atoms with Crippen LogP contribution in [-0.4, -0.2) is 37.2 Å². The average Bonchev–Trinajstić information content (AvgIpc) is 2.54. The van der Waals surface area contributed by atoms with Gasteiger partial charge in [-0.25, -0.2) is 4.98 Å². The minimum absolute atomic E-state index is 0.565. The average molecular weight is 284 g/mol. The highest BCUT2D eigenvalue weighted by molar-refractivity contribution is 5.92. The molecule has 0 spiro atoms. The summed E-state index contributed by atoms with van der Waals surface area (Å²) in [4.78, 5) is 6.89. The molecule has 1 saturated heterocycles. The summed E-state index contributed by atoms with van der Waals surface area (Å²) >= 11 is 0. The number of nitrogens with one attached hydrogen (secondary N) is 1.